The van der Waals surface area contributed by atoms with E-state index in [0.29, 0.717) is 19.1 Å². The lowest BCUT2D eigenvalue weighted by molar-refractivity contribution is -0.153. The largest absolute Gasteiger partial charge is 0.468 e. The van der Waals surface area contributed by atoms with Gasteiger partial charge < -0.3 is 9.47 Å². The SMILES string of the molecule is CCCNC(COCCC)(C(=O)OC)C1CC1. The Morgan fingerprint density at radius 2 is 2.06 bits per heavy atom. The summed E-state index contributed by atoms with van der Waals surface area (Å²) in [5.41, 5.74) is -0.611. The normalized spacial score (nSPS) is 18.8. The fourth-order valence-electron chi connectivity index (χ4n) is 2.09. The van der Waals surface area contributed by atoms with Crippen molar-refractivity contribution < 1.29 is 14.3 Å². The Labute approximate surface area is 104 Å². The summed E-state index contributed by atoms with van der Waals surface area (Å²) in [5, 5.41) is 3.35. The van der Waals surface area contributed by atoms with Crippen LogP contribution in [-0.2, 0) is 14.3 Å². The lowest BCUT2D eigenvalue weighted by Gasteiger charge is -2.32. The third-order valence-corrected chi connectivity index (χ3v) is 3.19. The second kappa shape index (κ2) is 6.97. The van der Waals surface area contributed by atoms with Gasteiger partial charge in [-0.1, -0.05) is 13.8 Å². The van der Waals surface area contributed by atoms with E-state index < -0.39 is 5.54 Å². The maximum absolute atomic E-state index is 12.1. The predicted molar refractivity (Wildman–Crippen MR) is 66.9 cm³/mol. The fourth-order valence-corrected chi connectivity index (χ4v) is 2.09. The van der Waals surface area contributed by atoms with Gasteiger partial charge in [0.1, 0.15) is 5.54 Å². The van der Waals surface area contributed by atoms with Crippen LogP contribution in [0.2, 0.25) is 0 Å². The predicted octanol–water partition coefficient (Wildman–Crippen LogP) is 1.73. The Morgan fingerprint density at radius 3 is 2.53 bits per heavy atom. The zero-order chi connectivity index (χ0) is 12.7. The van der Waals surface area contributed by atoms with Crippen molar-refractivity contribution >= 4 is 5.97 Å². The third-order valence-electron chi connectivity index (χ3n) is 3.19. The number of carbonyl (C=O) groups is 1. The molecule has 1 unspecified atom stereocenters. The molecule has 0 heterocycles. The number of nitrogens with one attached hydrogen (secondary N) is 1. The van der Waals surface area contributed by atoms with Crippen LogP contribution >= 0.6 is 0 Å². The number of methoxy groups -OCH3 is 1. The molecule has 1 aliphatic carbocycles. The van der Waals surface area contributed by atoms with Crippen LogP contribution in [0.25, 0.3) is 0 Å². The summed E-state index contributed by atoms with van der Waals surface area (Å²) in [7, 11) is 1.45. The third kappa shape index (κ3) is 3.68. The molecule has 0 spiro atoms. The molecule has 0 aromatic heterocycles. The zero-order valence-corrected chi connectivity index (χ0v) is 11.3. The highest BCUT2D eigenvalue weighted by Gasteiger charge is 2.51. The van der Waals surface area contributed by atoms with Crippen molar-refractivity contribution in [3.05, 3.63) is 0 Å². The van der Waals surface area contributed by atoms with Gasteiger partial charge in [0.25, 0.3) is 0 Å². The highest BCUT2D eigenvalue weighted by atomic mass is 16.5. The van der Waals surface area contributed by atoms with E-state index in [4.69, 9.17) is 9.47 Å². The number of ether oxygens (including phenoxy) is 2. The van der Waals surface area contributed by atoms with Crippen LogP contribution in [0.3, 0.4) is 0 Å². The average molecular weight is 243 g/mol. The number of hydrogen-bond donors (Lipinski definition) is 1. The van der Waals surface area contributed by atoms with Crippen molar-refractivity contribution in [1.29, 1.82) is 0 Å². The molecule has 0 radical (unpaired) electrons. The molecule has 0 saturated heterocycles. The minimum Gasteiger partial charge on any atom is -0.468 e. The van der Waals surface area contributed by atoms with Gasteiger partial charge in [-0.3, -0.25) is 5.32 Å². The highest BCUT2D eigenvalue weighted by molar-refractivity contribution is 5.82. The second-order valence-corrected chi connectivity index (χ2v) is 4.72. The Balaban J connectivity index is 2.67. The molecule has 0 amide bonds. The summed E-state index contributed by atoms with van der Waals surface area (Å²) in [6.45, 7) is 6.10. The summed E-state index contributed by atoms with van der Waals surface area (Å²) in [6.07, 6.45) is 4.14. The van der Waals surface area contributed by atoms with Gasteiger partial charge in [-0.05, 0) is 38.1 Å². The molecule has 1 atom stereocenters. The van der Waals surface area contributed by atoms with Crippen molar-refractivity contribution in [2.45, 2.75) is 45.1 Å². The molecule has 4 nitrogen and oxygen atoms in total. The van der Waals surface area contributed by atoms with Crippen molar-refractivity contribution in [1.82, 2.24) is 5.32 Å². The van der Waals surface area contributed by atoms with Crippen LogP contribution in [0, 0.1) is 5.92 Å². The summed E-state index contributed by atoms with van der Waals surface area (Å²) in [5.74, 6) is 0.197. The van der Waals surface area contributed by atoms with Gasteiger partial charge in [0, 0.05) is 6.61 Å². The van der Waals surface area contributed by atoms with Crippen LogP contribution in [0.15, 0.2) is 0 Å². The lowest BCUT2D eigenvalue weighted by atomic mass is 9.94. The Hall–Kier alpha value is -0.610. The van der Waals surface area contributed by atoms with Crippen molar-refractivity contribution in [2.24, 2.45) is 5.92 Å². The molecule has 1 rings (SSSR count). The van der Waals surface area contributed by atoms with E-state index in [1.807, 2.05) is 0 Å². The Morgan fingerprint density at radius 1 is 1.35 bits per heavy atom. The molecular weight excluding hydrogens is 218 g/mol. The first-order valence-corrected chi connectivity index (χ1v) is 6.62. The zero-order valence-electron chi connectivity index (χ0n) is 11.3. The van der Waals surface area contributed by atoms with Crippen LogP contribution in [0.4, 0.5) is 0 Å². The summed E-state index contributed by atoms with van der Waals surface area (Å²) in [6, 6.07) is 0. The molecule has 0 aromatic rings. The molecule has 17 heavy (non-hydrogen) atoms. The molecule has 100 valence electrons. The molecule has 1 fully saturated rings. The molecule has 1 aliphatic rings. The minimum atomic E-state index is -0.611. The first-order valence-electron chi connectivity index (χ1n) is 6.62. The summed E-state index contributed by atoms with van der Waals surface area (Å²) in [4.78, 5) is 12.1. The number of hydrogen-bond acceptors (Lipinski definition) is 4. The van der Waals surface area contributed by atoms with Crippen molar-refractivity contribution in [2.75, 3.05) is 26.9 Å². The number of rotatable bonds is 9. The van der Waals surface area contributed by atoms with E-state index in [2.05, 4.69) is 19.2 Å². The van der Waals surface area contributed by atoms with E-state index in [0.717, 1.165) is 32.2 Å². The second-order valence-electron chi connectivity index (χ2n) is 4.72. The van der Waals surface area contributed by atoms with Crippen LogP contribution in [0.5, 0.6) is 0 Å². The quantitative estimate of drug-likeness (QED) is 0.495. The smallest absolute Gasteiger partial charge is 0.328 e. The number of esters is 1. The lowest BCUT2D eigenvalue weighted by Crippen LogP contribution is -2.58. The highest BCUT2D eigenvalue weighted by Crippen LogP contribution is 2.40. The fraction of sp³-hybridized carbons (Fsp3) is 0.923. The summed E-state index contributed by atoms with van der Waals surface area (Å²) >= 11 is 0. The van der Waals surface area contributed by atoms with Crippen LogP contribution in [0.1, 0.15) is 39.5 Å². The minimum absolute atomic E-state index is 0.176. The van der Waals surface area contributed by atoms with Gasteiger partial charge in [0.05, 0.1) is 13.7 Å². The van der Waals surface area contributed by atoms with Crippen molar-refractivity contribution in [3.63, 3.8) is 0 Å². The Kier molecular flexibility index (Phi) is 5.92. The van der Waals surface area contributed by atoms with Crippen molar-refractivity contribution in [3.8, 4) is 0 Å². The van der Waals surface area contributed by atoms with Gasteiger partial charge in [0.2, 0.25) is 0 Å². The van der Waals surface area contributed by atoms with Gasteiger partial charge in [-0.2, -0.15) is 0 Å². The van der Waals surface area contributed by atoms with Gasteiger partial charge >= 0.3 is 5.97 Å². The standard InChI is InChI=1S/C13H25NO3/c1-4-8-14-13(11-6-7-11,12(15)16-3)10-17-9-5-2/h11,14H,4-10H2,1-3H3. The topological polar surface area (TPSA) is 47.6 Å². The molecule has 4 heteroatoms. The molecular formula is C13H25NO3. The van der Waals surface area contributed by atoms with Crippen LogP contribution < -0.4 is 5.32 Å². The molecule has 0 aliphatic heterocycles. The maximum atomic E-state index is 12.1. The molecule has 1 saturated carbocycles. The van der Waals surface area contributed by atoms with Gasteiger partial charge in [-0.25, -0.2) is 4.79 Å². The number of carbonyl (C=O) groups excluding carboxylic acids is 1. The Bertz CT molecular complexity index is 241. The molecule has 0 bridgehead atoms. The van der Waals surface area contributed by atoms with E-state index in [9.17, 15) is 4.79 Å². The average Bonchev–Trinajstić information content (AvgIpc) is 3.17. The first kappa shape index (κ1) is 14.5. The van der Waals surface area contributed by atoms with E-state index in [1.54, 1.807) is 0 Å². The first-order chi connectivity index (χ1) is 8.21. The van der Waals surface area contributed by atoms with E-state index in [-0.39, 0.29) is 5.97 Å². The molecule has 1 N–H and O–H groups in total. The van der Waals surface area contributed by atoms with Crippen LogP contribution in [-0.4, -0.2) is 38.4 Å². The van der Waals surface area contributed by atoms with Gasteiger partial charge in [-0.15, -0.1) is 0 Å². The molecule has 0 aromatic carbocycles. The maximum Gasteiger partial charge on any atom is 0.328 e. The van der Waals surface area contributed by atoms with Gasteiger partial charge in [0.15, 0.2) is 0 Å². The van der Waals surface area contributed by atoms with E-state index in [1.165, 1.54) is 7.11 Å². The van der Waals surface area contributed by atoms with E-state index >= 15 is 0 Å². The summed E-state index contributed by atoms with van der Waals surface area (Å²) < 4.78 is 10.6. The monoisotopic (exact) mass is 243 g/mol.